The predicted octanol–water partition coefficient (Wildman–Crippen LogP) is 4.54. The van der Waals surface area contributed by atoms with Crippen LogP contribution in [0, 0.1) is 11.8 Å². The molecule has 128 valence electrons. The number of fused-ring (bicyclic) bond motifs is 1. The highest BCUT2D eigenvalue weighted by molar-refractivity contribution is 6.01. The van der Waals surface area contributed by atoms with Crippen molar-refractivity contribution in [3.05, 3.63) is 41.5 Å². The summed E-state index contributed by atoms with van der Waals surface area (Å²) in [7, 11) is 0. The Bertz CT molecular complexity index is 644. The number of benzene rings is 1. The van der Waals surface area contributed by atoms with E-state index in [1.807, 2.05) is 18.2 Å². The second kappa shape index (κ2) is 7.78. The molecule has 3 nitrogen and oxygen atoms in total. The lowest BCUT2D eigenvalue weighted by atomic mass is 9.90. The SMILES string of the molecule is CCCCCC[C@H]1C=CC(=O)[C@@H]1COc1cccc2c1CCC2=O. The van der Waals surface area contributed by atoms with Crippen LogP contribution in [0.25, 0.3) is 0 Å². The van der Waals surface area contributed by atoms with Gasteiger partial charge in [0.15, 0.2) is 11.6 Å². The average Bonchev–Trinajstić information content (AvgIpc) is 3.14. The second-order valence-corrected chi connectivity index (χ2v) is 6.90. The van der Waals surface area contributed by atoms with Gasteiger partial charge in [-0.3, -0.25) is 9.59 Å². The Morgan fingerprint density at radius 3 is 2.83 bits per heavy atom. The summed E-state index contributed by atoms with van der Waals surface area (Å²) in [4.78, 5) is 24.0. The highest BCUT2D eigenvalue weighted by atomic mass is 16.5. The number of hydrogen-bond acceptors (Lipinski definition) is 3. The summed E-state index contributed by atoms with van der Waals surface area (Å²) in [6, 6.07) is 5.66. The van der Waals surface area contributed by atoms with Crippen LogP contribution in [0.4, 0.5) is 0 Å². The molecule has 2 aliphatic carbocycles. The molecule has 3 rings (SSSR count). The Morgan fingerprint density at radius 2 is 2.00 bits per heavy atom. The minimum Gasteiger partial charge on any atom is -0.492 e. The number of allylic oxidation sites excluding steroid dienone is 2. The summed E-state index contributed by atoms with van der Waals surface area (Å²) < 4.78 is 6.00. The molecule has 24 heavy (non-hydrogen) atoms. The van der Waals surface area contributed by atoms with Gasteiger partial charge in [-0.2, -0.15) is 0 Å². The first kappa shape index (κ1) is 16.9. The first-order chi connectivity index (χ1) is 11.7. The third-order valence-corrected chi connectivity index (χ3v) is 5.23. The molecular formula is C21H26O3. The van der Waals surface area contributed by atoms with Crippen LogP contribution >= 0.6 is 0 Å². The van der Waals surface area contributed by atoms with Crippen molar-refractivity contribution in [1.29, 1.82) is 0 Å². The third-order valence-electron chi connectivity index (χ3n) is 5.23. The van der Waals surface area contributed by atoms with E-state index in [9.17, 15) is 9.59 Å². The van der Waals surface area contributed by atoms with Gasteiger partial charge in [0.05, 0.1) is 12.5 Å². The Morgan fingerprint density at radius 1 is 1.12 bits per heavy atom. The second-order valence-electron chi connectivity index (χ2n) is 6.90. The molecule has 1 aromatic rings. The third kappa shape index (κ3) is 3.61. The molecule has 0 bridgehead atoms. The fraction of sp³-hybridized carbons (Fsp3) is 0.524. The quantitative estimate of drug-likeness (QED) is 0.659. The minimum atomic E-state index is -0.0698. The van der Waals surface area contributed by atoms with Crippen LogP contribution < -0.4 is 4.74 Å². The molecule has 0 saturated heterocycles. The van der Waals surface area contributed by atoms with Gasteiger partial charge < -0.3 is 4.74 Å². The van der Waals surface area contributed by atoms with E-state index < -0.39 is 0 Å². The topological polar surface area (TPSA) is 43.4 Å². The van der Waals surface area contributed by atoms with Crippen molar-refractivity contribution < 1.29 is 14.3 Å². The molecule has 2 atom stereocenters. The smallest absolute Gasteiger partial charge is 0.163 e. The van der Waals surface area contributed by atoms with Crippen molar-refractivity contribution in [2.24, 2.45) is 11.8 Å². The number of rotatable bonds is 8. The summed E-state index contributed by atoms with van der Waals surface area (Å²) in [5, 5.41) is 0. The molecule has 0 radical (unpaired) electrons. The number of Topliss-reactive ketones (excluding diaryl/α,β-unsaturated/α-hetero) is 1. The molecule has 0 N–H and O–H groups in total. The van der Waals surface area contributed by atoms with E-state index in [-0.39, 0.29) is 17.5 Å². The van der Waals surface area contributed by atoms with Gasteiger partial charge >= 0.3 is 0 Å². The van der Waals surface area contributed by atoms with Crippen molar-refractivity contribution >= 4 is 11.6 Å². The molecule has 0 heterocycles. The molecule has 0 aromatic heterocycles. The van der Waals surface area contributed by atoms with Gasteiger partial charge in [-0.15, -0.1) is 0 Å². The van der Waals surface area contributed by atoms with Gasteiger partial charge in [0.2, 0.25) is 0 Å². The fourth-order valence-corrected chi connectivity index (χ4v) is 3.77. The van der Waals surface area contributed by atoms with E-state index >= 15 is 0 Å². The minimum absolute atomic E-state index is 0.0698. The standard InChI is InChI=1S/C21H26O3/c1-2-3-4-5-7-15-10-12-20(23)18(15)14-24-21-9-6-8-16-17(21)11-13-19(16)22/h6,8-10,12,15,18H,2-5,7,11,13-14H2,1H3/t15-,18+/m0/s1. The first-order valence-electron chi connectivity index (χ1n) is 9.20. The maximum absolute atomic E-state index is 12.2. The number of hydrogen-bond donors (Lipinski definition) is 0. The Kier molecular flexibility index (Phi) is 5.49. The van der Waals surface area contributed by atoms with Crippen molar-refractivity contribution in [3.8, 4) is 5.75 Å². The Hall–Kier alpha value is -1.90. The molecule has 0 saturated carbocycles. The van der Waals surface area contributed by atoms with Crippen molar-refractivity contribution in [3.63, 3.8) is 0 Å². The average molecular weight is 326 g/mol. The van der Waals surface area contributed by atoms with E-state index in [0.29, 0.717) is 18.9 Å². The predicted molar refractivity (Wildman–Crippen MR) is 94.5 cm³/mol. The Balaban J connectivity index is 1.59. The highest BCUT2D eigenvalue weighted by Crippen LogP contribution is 2.33. The summed E-state index contributed by atoms with van der Waals surface area (Å²) in [6.07, 6.45) is 11.0. The lowest BCUT2D eigenvalue weighted by Gasteiger charge is -2.19. The van der Waals surface area contributed by atoms with E-state index in [4.69, 9.17) is 4.74 Å². The maximum atomic E-state index is 12.2. The van der Waals surface area contributed by atoms with Crippen LogP contribution in [0.5, 0.6) is 5.75 Å². The molecule has 3 heteroatoms. The van der Waals surface area contributed by atoms with E-state index in [2.05, 4.69) is 13.0 Å². The number of carbonyl (C=O) groups is 2. The molecule has 0 aliphatic heterocycles. The largest absolute Gasteiger partial charge is 0.492 e. The van der Waals surface area contributed by atoms with Gasteiger partial charge in [0, 0.05) is 17.5 Å². The maximum Gasteiger partial charge on any atom is 0.163 e. The number of carbonyl (C=O) groups excluding carboxylic acids is 2. The summed E-state index contributed by atoms with van der Waals surface area (Å²) >= 11 is 0. The van der Waals surface area contributed by atoms with Crippen LogP contribution in [0.15, 0.2) is 30.4 Å². The van der Waals surface area contributed by atoms with E-state index in [1.54, 1.807) is 6.08 Å². The van der Waals surface area contributed by atoms with Crippen LogP contribution in [-0.2, 0) is 11.2 Å². The molecular weight excluding hydrogens is 300 g/mol. The van der Waals surface area contributed by atoms with Crippen LogP contribution in [0.3, 0.4) is 0 Å². The van der Waals surface area contributed by atoms with E-state index in [1.165, 1.54) is 25.7 Å². The lowest BCUT2D eigenvalue weighted by molar-refractivity contribution is -0.119. The fourth-order valence-electron chi connectivity index (χ4n) is 3.77. The highest BCUT2D eigenvalue weighted by Gasteiger charge is 2.31. The summed E-state index contributed by atoms with van der Waals surface area (Å²) in [5.74, 6) is 1.39. The van der Waals surface area contributed by atoms with Gasteiger partial charge in [-0.25, -0.2) is 0 Å². The Labute approximate surface area is 144 Å². The van der Waals surface area contributed by atoms with Crippen molar-refractivity contribution in [1.82, 2.24) is 0 Å². The number of ketones is 2. The molecule has 1 aromatic carbocycles. The van der Waals surface area contributed by atoms with Gasteiger partial charge in [0.1, 0.15) is 5.75 Å². The van der Waals surface area contributed by atoms with Gasteiger partial charge in [-0.05, 0) is 30.9 Å². The zero-order valence-electron chi connectivity index (χ0n) is 14.4. The first-order valence-corrected chi connectivity index (χ1v) is 9.20. The summed E-state index contributed by atoms with van der Waals surface area (Å²) in [5.41, 5.74) is 1.81. The van der Waals surface area contributed by atoms with Crippen molar-refractivity contribution in [2.75, 3.05) is 6.61 Å². The van der Waals surface area contributed by atoms with Crippen LogP contribution in [-0.4, -0.2) is 18.2 Å². The van der Waals surface area contributed by atoms with E-state index in [0.717, 1.165) is 29.7 Å². The van der Waals surface area contributed by atoms with Crippen molar-refractivity contribution in [2.45, 2.75) is 51.9 Å². The molecule has 0 fully saturated rings. The zero-order chi connectivity index (χ0) is 16.9. The monoisotopic (exact) mass is 326 g/mol. The normalized spacial score (nSPS) is 22.2. The molecule has 0 spiro atoms. The molecule has 2 aliphatic rings. The summed E-state index contributed by atoms with van der Waals surface area (Å²) in [6.45, 7) is 2.62. The zero-order valence-corrected chi connectivity index (χ0v) is 14.4. The van der Waals surface area contributed by atoms with Gasteiger partial charge in [0.25, 0.3) is 0 Å². The molecule has 0 amide bonds. The number of unbranched alkanes of at least 4 members (excludes halogenated alkanes) is 3. The molecule has 0 unspecified atom stereocenters. The van der Waals surface area contributed by atoms with Gasteiger partial charge in [-0.1, -0.05) is 50.8 Å². The van der Waals surface area contributed by atoms with Crippen LogP contribution in [0.2, 0.25) is 0 Å². The lowest BCUT2D eigenvalue weighted by Crippen LogP contribution is -2.23. The van der Waals surface area contributed by atoms with Crippen LogP contribution in [0.1, 0.15) is 61.4 Å². The number of ether oxygens (including phenoxy) is 1.